The van der Waals surface area contributed by atoms with Crippen molar-refractivity contribution in [1.82, 2.24) is 10.1 Å². The molecule has 0 saturated carbocycles. The summed E-state index contributed by atoms with van der Waals surface area (Å²) in [5, 5.41) is 4.28. The summed E-state index contributed by atoms with van der Waals surface area (Å²) >= 11 is 0. The number of aromatic nitrogens is 1. The molecule has 1 fully saturated rings. The van der Waals surface area contributed by atoms with Crippen molar-refractivity contribution in [2.45, 2.75) is 26.0 Å². The van der Waals surface area contributed by atoms with E-state index >= 15 is 0 Å². The van der Waals surface area contributed by atoms with Gasteiger partial charge in [-0.2, -0.15) is 0 Å². The lowest BCUT2D eigenvalue weighted by molar-refractivity contribution is -0.143. The number of ether oxygens (including phenoxy) is 2. The van der Waals surface area contributed by atoms with Crippen LogP contribution in [0.2, 0.25) is 0 Å². The van der Waals surface area contributed by atoms with Crippen LogP contribution in [0, 0.1) is 12.8 Å². The van der Waals surface area contributed by atoms with Crippen LogP contribution in [0.15, 0.2) is 65.2 Å². The van der Waals surface area contributed by atoms with Crippen LogP contribution in [0.1, 0.15) is 29.4 Å². The van der Waals surface area contributed by atoms with Gasteiger partial charge in [-0.15, -0.1) is 0 Å². The molecule has 1 amide bonds. The first kappa shape index (κ1) is 21.3. The molecule has 2 heterocycles. The molecule has 1 aliphatic heterocycles. The molecule has 0 spiro atoms. The summed E-state index contributed by atoms with van der Waals surface area (Å²) in [6.45, 7) is 4.30. The van der Waals surface area contributed by atoms with E-state index in [4.69, 9.17) is 14.0 Å². The van der Waals surface area contributed by atoms with E-state index in [1.165, 1.54) is 0 Å². The minimum Gasteiger partial charge on any atom is -0.381 e. The van der Waals surface area contributed by atoms with Gasteiger partial charge in [0.25, 0.3) is 5.91 Å². The molecule has 1 saturated heterocycles. The smallest absolute Gasteiger partial charge is 0.256 e. The number of nitrogens with zero attached hydrogens (tertiary/aromatic N) is 2. The predicted molar refractivity (Wildman–Crippen MR) is 117 cm³/mol. The minimum atomic E-state index is -0.663. The summed E-state index contributed by atoms with van der Waals surface area (Å²) in [6, 6.07) is 19.5. The van der Waals surface area contributed by atoms with Crippen molar-refractivity contribution in [2.24, 2.45) is 5.92 Å². The number of methoxy groups -OCH3 is 1. The molecule has 0 aliphatic carbocycles. The Kier molecular flexibility index (Phi) is 6.79. The Balaban J connectivity index is 1.65. The van der Waals surface area contributed by atoms with Gasteiger partial charge in [-0.1, -0.05) is 65.8 Å². The van der Waals surface area contributed by atoms with E-state index in [9.17, 15) is 4.79 Å². The lowest BCUT2D eigenvalue weighted by atomic mass is 10.0. The lowest BCUT2D eigenvalue weighted by Crippen LogP contribution is -2.39. The SMILES string of the molecule is COC(C(=O)N(Cc1c(-c2ccccc2)noc1C)CC1CCOC1)c1ccccc1. The van der Waals surface area contributed by atoms with Crippen molar-refractivity contribution >= 4 is 5.91 Å². The standard InChI is InChI=1S/C25H28N2O4/c1-18-22(23(26-31-18)20-9-5-3-6-10-20)16-27(15-19-13-14-30-17-19)25(28)24(29-2)21-11-7-4-8-12-21/h3-12,19,24H,13-17H2,1-2H3. The van der Waals surface area contributed by atoms with Gasteiger partial charge in [0.2, 0.25) is 0 Å². The third kappa shape index (κ3) is 4.86. The van der Waals surface area contributed by atoms with Crippen LogP contribution in [0.25, 0.3) is 11.3 Å². The van der Waals surface area contributed by atoms with E-state index in [2.05, 4.69) is 5.16 Å². The highest BCUT2D eigenvalue weighted by Crippen LogP contribution is 2.29. The number of carbonyl (C=O) groups excluding carboxylic acids is 1. The van der Waals surface area contributed by atoms with E-state index in [-0.39, 0.29) is 5.91 Å². The zero-order valence-corrected chi connectivity index (χ0v) is 18.0. The summed E-state index contributed by atoms with van der Waals surface area (Å²) in [6.07, 6.45) is 0.282. The van der Waals surface area contributed by atoms with Crippen LogP contribution in [-0.2, 0) is 20.8 Å². The summed E-state index contributed by atoms with van der Waals surface area (Å²) in [4.78, 5) is 15.5. The van der Waals surface area contributed by atoms with E-state index in [0.717, 1.165) is 35.4 Å². The average Bonchev–Trinajstić information content (AvgIpc) is 3.45. The lowest BCUT2D eigenvalue weighted by Gasteiger charge is -2.29. The Bertz CT molecular complexity index is 981. The van der Waals surface area contributed by atoms with Gasteiger partial charge in [0, 0.05) is 37.3 Å². The Morgan fingerprint density at radius 1 is 1.16 bits per heavy atom. The number of rotatable bonds is 8. The number of hydrogen-bond donors (Lipinski definition) is 0. The normalized spacial score (nSPS) is 16.9. The van der Waals surface area contributed by atoms with Crippen molar-refractivity contribution in [2.75, 3.05) is 26.9 Å². The van der Waals surface area contributed by atoms with Gasteiger partial charge in [-0.3, -0.25) is 4.79 Å². The van der Waals surface area contributed by atoms with E-state index in [1.807, 2.05) is 72.5 Å². The van der Waals surface area contributed by atoms with Crippen molar-refractivity contribution < 1.29 is 18.8 Å². The van der Waals surface area contributed by atoms with Crippen molar-refractivity contribution in [3.05, 3.63) is 77.6 Å². The highest BCUT2D eigenvalue weighted by atomic mass is 16.5. The third-order valence-electron chi connectivity index (χ3n) is 5.76. The fraction of sp³-hybridized carbons (Fsp3) is 0.360. The number of hydrogen-bond acceptors (Lipinski definition) is 5. The first-order valence-corrected chi connectivity index (χ1v) is 10.6. The Morgan fingerprint density at radius 2 is 1.87 bits per heavy atom. The minimum absolute atomic E-state index is 0.0692. The molecule has 2 unspecified atom stereocenters. The van der Waals surface area contributed by atoms with E-state index < -0.39 is 6.10 Å². The topological polar surface area (TPSA) is 64.8 Å². The van der Waals surface area contributed by atoms with Crippen molar-refractivity contribution in [3.63, 3.8) is 0 Å². The Morgan fingerprint density at radius 3 is 2.52 bits per heavy atom. The maximum Gasteiger partial charge on any atom is 0.256 e. The van der Waals surface area contributed by atoms with Crippen LogP contribution < -0.4 is 0 Å². The maximum absolute atomic E-state index is 13.7. The number of amides is 1. The van der Waals surface area contributed by atoms with Crippen LogP contribution in [0.5, 0.6) is 0 Å². The van der Waals surface area contributed by atoms with Gasteiger partial charge in [0.1, 0.15) is 11.5 Å². The second kappa shape index (κ2) is 9.90. The monoisotopic (exact) mass is 420 g/mol. The summed E-state index contributed by atoms with van der Waals surface area (Å²) in [5.74, 6) is 0.950. The molecule has 1 aliphatic rings. The van der Waals surface area contributed by atoms with Gasteiger partial charge in [-0.05, 0) is 18.9 Å². The summed E-state index contributed by atoms with van der Waals surface area (Å²) < 4.78 is 16.7. The molecule has 0 radical (unpaired) electrons. The largest absolute Gasteiger partial charge is 0.381 e. The van der Waals surface area contributed by atoms with Gasteiger partial charge in [0.05, 0.1) is 13.2 Å². The van der Waals surface area contributed by atoms with Crippen LogP contribution in [0.4, 0.5) is 0 Å². The zero-order chi connectivity index (χ0) is 21.6. The molecule has 0 bridgehead atoms. The predicted octanol–water partition coefficient (Wildman–Crippen LogP) is 4.40. The number of carbonyl (C=O) groups is 1. The molecule has 6 nitrogen and oxygen atoms in total. The Hall–Kier alpha value is -2.96. The molecule has 31 heavy (non-hydrogen) atoms. The molecule has 1 aromatic heterocycles. The van der Waals surface area contributed by atoms with Crippen LogP contribution >= 0.6 is 0 Å². The summed E-state index contributed by atoms with van der Waals surface area (Å²) in [7, 11) is 1.58. The first-order chi connectivity index (χ1) is 15.2. The van der Waals surface area contributed by atoms with E-state index in [0.29, 0.717) is 31.4 Å². The van der Waals surface area contributed by atoms with Crippen LogP contribution in [-0.4, -0.2) is 42.8 Å². The molecule has 3 aromatic rings. The third-order valence-corrected chi connectivity index (χ3v) is 5.76. The molecular formula is C25H28N2O4. The molecule has 4 rings (SSSR count). The number of benzene rings is 2. The summed E-state index contributed by atoms with van der Waals surface area (Å²) in [5.41, 5.74) is 3.50. The van der Waals surface area contributed by atoms with Gasteiger partial charge in [-0.25, -0.2) is 0 Å². The fourth-order valence-electron chi connectivity index (χ4n) is 4.04. The molecule has 6 heteroatoms. The van der Waals surface area contributed by atoms with Gasteiger partial charge < -0.3 is 18.9 Å². The molecular weight excluding hydrogens is 392 g/mol. The zero-order valence-electron chi connectivity index (χ0n) is 18.0. The van der Waals surface area contributed by atoms with Crippen LogP contribution in [0.3, 0.4) is 0 Å². The van der Waals surface area contributed by atoms with E-state index in [1.54, 1.807) is 7.11 Å². The van der Waals surface area contributed by atoms with Gasteiger partial charge >= 0.3 is 0 Å². The van der Waals surface area contributed by atoms with Crippen molar-refractivity contribution in [3.8, 4) is 11.3 Å². The van der Waals surface area contributed by atoms with Gasteiger partial charge in [0.15, 0.2) is 6.10 Å². The second-order valence-corrected chi connectivity index (χ2v) is 7.91. The quantitative estimate of drug-likeness (QED) is 0.540. The van der Waals surface area contributed by atoms with Crippen molar-refractivity contribution in [1.29, 1.82) is 0 Å². The first-order valence-electron chi connectivity index (χ1n) is 10.6. The molecule has 162 valence electrons. The average molecular weight is 421 g/mol. The molecule has 0 N–H and O–H groups in total. The maximum atomic E-state index is 13.7. The highest BCUT2D eigenvalue weighted by Gasteiger charge is 2.31. The second-order valence-electron chi connectivity index (χ2n) is 7.91. The fourth-order valence-corrected chi connectivity index (χ4v) is 4.04. The molecule has 2 atom stereocenters. The highest BCUT2D eigenvalue weighted by molar-refractivity contribution is 5.82. The Labute approximate surface area is 182 Å². The molecule has 2 aromatic carbocycles. The number of aryl methyl sites for hydroxylation is 1.